The summed E-state index contributed by atoms with van der Waals surface area (Å²) in [7, 11) is 1.57. The molecule has 0 spiro atoms. The van der Waals surface area contributed by atoms with Crippen LogP contribution in [0, 0.1) is 0 Å². The number of hydrogen-bond donors (Lipinski definition) is 1. The van der Waals surface area contributed by atoms with Gasteiger partial charge in [-0.2, -0.15) is 0 Å². The second-order valence-corrected chi connectivity index (χ2v) is 5.83. The number of oxazole rings is 1. The van der Waals surface area contributed by atoms with Crippen LogP contribution >= 0.6 is 11.6 Å². The average molecular weight is 357 g/mol. The van der Waals surface area contributed by atoms with Crippen LogP contribution in [0.4, 0.5) is 5.69 Å². The molecule has 1 aromatic heterocycles. The molecule has 0 aliphatic heterocycles. The number of anilines is 1. The van der Waals surface area contributed by atoms with Crippen LogP contribution in [-0.2, 0) is 11.2 Å². The fourth-order valence-electron chi connectivity index (χ4n) is 2.49. The Hall–Kier alpha value is -2.79. The van der Waals surface area contributed by atoms with Crippen LogP contribution in [0.1, 0.15) is 12.0 Å². The van der Waals surface area contributed by atoms with Gasteiger partial charge in [-0.25, -0.2) is 4.98 Å². The molecule has 0 bridgehead atoms. The van der Waals surface area contributed by atoms with Crippen LogP contribution in [0.15, 0.2) is 59.5 Å². The largest absolute Gasteiger partial charge is 0.496 e. The highest BCUT2D eigenvalue weighted by Crippen LogP contribution is 2.32. The number of methoxy groups -OCH3 is 1. The van der Waals surface area contributed by atoms with E-state index in [1.54, 1.807) is 25.4 Å². The first-order chi connectivity index (χ1) is 12.2. The van der Waals surface area contributed by atoms with Gasteiger partial charge in [-0.05, 0) is 30.2 Å². The molecule has 25 heavy (non-hydrogen) atoms. The van der Waals surface area contributed by atoms with Gasteiger partial charge in [-0.1, -0.05) is 29.8 Å². The Balaban J connectivity index is 1.66. The molecule has 0 fully saturated rings. The van der Waals surface area contributed by atoms with Gasteiger partial charge in [0.2, 0.25) is 5.91 Å². The van der Waals surface area contributed by atoms with E-state index in [-0.39, 0.29) is 5.91 Å². The Kier molecular flexibility index (Phi) is 5.36. The van der Waals surface area contributed by atoms with Crippen molar-refractivity contribution in [1.29, 1.82) is 0 Å². The number of aromatic nitrogens is 1. The first-order valence-electron chi connectivity index (χ1n) is 7.77. The minimum Gasteiger partial charge on any atom is -0.496 e. The first kappa shape index (κ1) is 17.0. The van der Waals surface area contributed by atoms with Gasteiger partial charge < -0.3 is 14.5 Å². The highest BCUT2D eigenvalue weighted by atomic mass is 35.5. The predicted octanol–water partition coefficient (Wildman–Crippen LogP) is 4.57. The molecule has 1 heterocycles. The maximum absolute atomic E-state index is 12.2. The van der Waals surface area contributed by atoms with Gasteiger partial charge in [0.15, 0.2) is 12.2 Å². The number of halogens is 1. The molecule has 3 rings (SSSR count). The number of nitrogens with one attached hydrogen (secondary N) is 1. The number of rotatable bonds is 6. The second-order valence-electron chi connectivity index (χ2n) is 5.42. The van der Waals surface area contributed by atoms with E-state index in [4.69, 9.17) is 20.8 Å². The number of aryl methyl sites for hydroxylation is 1. The van der Waals surface area contributed by atoms with Gasteiger partial charge in [0, 0.05) is 23.2 Å². The van der Waals surface area contributed by atoms with Crippen LogP contribution in [0.5, 0.6) is 5.75 Å². The third kappa shape index (κ3) is 4.19. The third-order valence-corrected chi connectivity index (χ3v) is 4.13. The molecule has 1 amide bonds. The fourth-order valence-corrected chi connectivity index (χ4v) is 2.72. The van der Waals surface area contributed by atoms with E-state index in [2.05, 4.69) is 10.3 Å². The minimum absolute atomic E-state index is 0.0885. The van der Waals surface area contributed by atoms with Crippen molar-refractivity contribution in [3.05, 3.63) is 65.6 Å². The number of carbonyl (C=O) groups excluding carboxylic acids is 1. The van der Waals surface area contributed by atoms with E-state index in [1.807, 2.05) is 30.3 Å². The Morgan fingerprint density at radius 3 is 2.84 bits per heavy atom. The van der Waals surface area contributed by atoms with Crippen molar-refractivity contribution in [3.8, 4) is 17.1 Å². The SMILES string of the molecule is COc1cc(NC(=O)CCc2ccccc2Cl)ccc1-c1cnco1. The van der Waals surface area contributed by atoms with Gasteiger partial charge in [0.05, 0.1) is 18.9 Å². The first-order valence-corrected chi connectivity index (χ1v) is 8.15. The number of carbonyl (C=O) groups is 1. The van der Waals surface area contributed by atoms with E-state index < -0.39 is 0 Å². The Bertz CT molecular complexity index is 863. The van der Waals surface area contributed by atoms with E-state index >= 15 is 0 Å². The lowest BCUT2D eigenvalue weighted by atomic mass is 10.1. The highest BCUT2D eigenvalue weighted by Gasteiger charge is 2.11. The van der Waals surface area contributed by atoms with Gasteiger partial charge in [0.25, 0.3) is 0 Å². The molecule has 0 aliphatic carbocycles. The molecular formula is C19H17ClN2O3. The summed E-state index contributed by atoms with van der Waals surface area (Å²) < 4.78 is 10.7. The minimum atomic E-state index is -0.0885. The molecular weight excluding hydrogens is 340 g/mol. The van der Waals surface area contributed by atoms with Crippen molar-refractivity contribution < 1.29 is 13.9 Å². The van der Waals surface area contributed by atoms with Gasteiger partial charge in [0.1, 0.15) is 5.75 Å². The Morgan fingerprint density at radius 2 is 2.12 bits per heavy atom. The molecule has 0 radical (unpaired) electrons. The van der Waals surface area contributed by atoms with Crippen molar-refractivity contribution in [2.24, 2.45) is 0 Å². The summed E-state index contributed by atoms with van der Waals surface area (Å²) in [5.41, 5.74) is 2.39. The maximum Gasteiger partial charge on any atom is 0.224 e. The number of nitrogens with zero attached hydrogens (tertiary/aromatic N) is 1. The Morgan fingerprint density at radius 1 is 1.28 bits per heavy atom. The molecule has 0 saturated carbocycles. The highest BCUT2D eigenvalue weighted by molar-refractivity contribution is 6.31. The molecule has 0 atom stereocenters. The normalized spacial score (nSPS) is 10.5. The number of amides is 1. The summed E-state index contributed by atoms with van der Waals surface area (Å²) in [5.74, 6) is 1.11. The molecule has 2 aromatic carbocycles. The van der Waals surface area contributed by atoms with Crippen molar-refractivity contribution in [2.75, 3.05) is 12.4 Å². The van der Waals surface area contributed by atoms with Crippen LogP contribution in [0.25, 0.3) is 11.3 Å². The Labute approximate surface area is 150 Å². The fraction of sp³-hybridized carbons (Fsp3) is 0.158. The lowest BCUT2D eigenvalue weighted by Crippen LogP contribution is -2.12. The lowest BCUT2D eigenvalue weighted by Gasteiger charge is -2.10. The monoisotopic (exact) mass is 356 g/mol. The van der Waals surface area contributed by atoms with E-state index in [0.717, 1.165) is 11.1 Å². The van der Waals surface area contributed by atoms with Crippen LogP contribution in [0.2, 0.25) is 5.02 Å². The molecule has 6 heteroatoms. The van der Waals surface area contributed by atoms with Crippen molar-refractivity contribution in [1.82, 2.24) is 4.98 Å². The molecule has 3 aromatic rings. The summed E-state index contributed by atoms with van der Waals surface area (Å²) >= 11 is 6.11. The van der Waals surface area contributed by atoms with Crippen molar-refractivity contribution in [3.63, 3.8) is 0 Å². The molecule has 1 N–H and O–H groups in total. The van der Waals surface area contributed by atoms with E-state index in [1.165, 1.54) is 6.39 Å². The maximum atomic E-state index is 12.2. The summed E-state index contributed by atoms with van der Waals surface area (Å²) in [6, 6.07) is 12.9. The number of ether oxygens (including phenoxy) is 1. The van der Waals surface area contributed by atoms with E-state index in [0.29, 0.717) is 35.1 Å². The molecule has 5 nitrogen and oxygen atoms in total. The average Bonchev–Trinajstić information content (AvgIpc) is 3.15. The van der Waals surface area contributed by atoms with Crippen LogP contribution in [-0.4, -0.2) is 18.0 Å². The summed E-state index contributed by atoms with van der Waals surface area (Å²) in [4.78, 5) is 16.1. The van der Waals surface area contributed by atoms with Crippen molar-refractivity contribution in [2.45, 2.75) is 12.8 Å². The van der Waals surface area contributed by atoms with Crippen molar-refractivity contribution >= 4 is 23.2 Å². The van der Waals surface area contributed by atoms with Crippen LogP contribution < -0.4 is 10.1 Å². The molecule has 0 saturated heterocycles. The summed E-state index contributed by atoms with van der Waals surface area (Å²) in [6.45, 7) is 0. The third-order valence-electron chi connectivity index (χ3n) is 3.76. The molecule has 0 aliphatic rings. The summed E-state index contributed by atoms with van der Waals surface area (Å²) in [6.07, 6.45) is 3.90. The molecule has 128 valence electrons. The smallest absolute Gasteiger partial charge is 0.224 e. The zero-order chi connectivity index (χ0) is 17.6. The molecule has 0 unspecified atom stereocenters. The standard InChI is InChI=1S/C19H17ClN2O3/c1-24-17-10-14(7-8-15(17)18-11-21-12-25-18)22-19(23)9-6-13-4-2-3-5-16(13)20/h2-5,7-8,10-12H,6,9H2,1H3,(H,22,23). The van der Waals surface area contributed by atoms with Gasteiger partial charge in [-0.15, -0.1) is 0 Å². The zero-order valence-corrected chi connectivity index (χ0v) is 14.4. The second kappa shape index (κ2) is 7.85. The van der Waals surface area contributed by atoms with Crippen LogP contribution in [0.3, 0.4) is 0 Å². The predicted molar refractivity (Wildman–Crippen MR) is 96.9 cm³/mol. The quantitative estimate of drug-likeness (QED) is 0.702. The number of benzene rings is 2. The van der Waals surface area contributed by atoms with Gasteiger partial charge in [-0.3, -0.25) is 4.79 Å². The number of hydrogen-bond acceptors (Lipinski definition) is 4. The summed E-state index contributed by atoms with van der Waals surface area (Å²) in [5, 5.41) is 3.55. The van der Waals surface area contributed by atoms with Gasteiger partial charge >= 0.3 is 0 Å². The zero-order valence-electron chi connectivity index (χ0n) is 13.7. The van der Waals surface area contributed by atoms with E-state index in [9.17, 15) is 4.79 Å². The lowest BCUT2D eigenvalue weighted by molar-refractivity contribution is -0.116. The topological polar surface area (TPSA) is 64.4 Å².